The second kappa shape index (κ2) is 7.14. The minimum absolute atomic E-state index is 0.421. The van der Waals surface area contributed by atoms with Gasteiger partial charge in [0, 0.05) is 25.5 Å². The Morgan fingerprint density at radius 3 is 2.71 bits per heavy atom. The Hall–Kier alpha value is -1.26. The Kier molecular flexibility index (Phi) is 5.48. The monoisotopic (exact) mass is 308 g/mol. The zero-order valence-corrected chi connectivity index (χ0v) is 14.1. The molecule has 1 atom stereocenters. The molecule has 0 aliphatic carbocycles. The second-order valence-corrected chi connectivity index (χ2v) is 5.81. The van der Waals surface area contributed by atoms with E-state index >= 15 is 0 Å². The van der Waals surface area contributed by atoms with Gasteiger partial charge in [0.25, 0.3) is 0 Å². The predicted molar refractivity (Wildman–Crippen MR) is 87.8 cm³/mol. The van der Waals surface area contributed by atoms with Gasteiger partial charge in [0.2, 0.25) is 0 Å². The summed E-state index contributed by atoms with van der Waals surface area (Å²) in [6, 6.07) is 2.60. The van der Waals surface area contributed by atoms with E-state index < -0.39 is 0 Å². The maximum absolute atomic E-state index is 6.42. The summed E-state index contributed by atoms with van der Waals surface area (Å²) in [6.07, 6.45) is 7.50. The molecule has 0 saturated carbocycles. The van der Waals surface area contributed by atoms with Gasteiger partial charge in [0.15, 0.2) is 0 Å². The van der Waals surface area contributed by atoms with E-state index in [-0.39, 0.29) is 0 Å². The van der Waals surface area contributed by atoms with Crippen LogP contribution in [0.3, 0.4) is 0 Å². The molecule has 0 radical (unpaired) electrons. The summed E-state index contributed by atoms with van der Waals surface area (Å²) < 4.78 is 4.07. The Bertz CT molecular complexity index is 585. The van der Waals surface area contributed by atoms with Crippen LogP contribution < -0.4 is 5.32 Å². The zero-order valence-electron chi connectivity index (χ0n) is 13.4. The van der Waals surface area contributed by atoms with E-state index in [9.17, 15) is 0 Å². The number of rotatable bonds is 7. The molecule has 2 heterocycles. The molecular weight excluding hydrogens is 284 g/mol. The van der Waals surface area contributed by atoms with Crippen LogP contribution in [0, 0.1) is 0 Å². The quantitative estimate of drug-likeness (QED) is 0.849. The minimum Gasteiger partial charge on any atom is -0.348 e. The summed E-state index contributed by atoms with van der Waals surface area (Å²) in [5, 5.41) is 8.65. The van der Waals surface area contributed by atoms with Gasteiger partial charge in [-0.2, -0.15) is 5.10 Å². The highest BCUT2D eigenvalue weighted by atomic mass is 35.5. The fourth-order valence-electron chi connectivity index (χ4n) is 2.69. The van der Waals surface area contributed by atoms with Crippen molar-refractivity contribution in [3.05, 3.63) is 40.4 Å². The Labute approximate surface area is 132 Å². The van der Waals surface area contributed by atoms with E-state index in [2.05, 4.69) is 47.3 Å². The maximum atomic E-state index is 6.42. The molecule has 0 saturated heterocycles. The fraction of sp³-hybridized carbons (Fsp3) is 0.562. The third-order valence-electron chi connectivity index (χ3n) is 3.94. The summed E-state index contributed by atoms with van der Waals surface area (Å²) in [4.78, 5) is 0. The molecule has 0 amide bonds. The molecule has 0 fully saturated rings. The van der Waals surface area contributed by atoms with Crippen molar-refractivity contribution in [2.45, 2.75) is 45.7 Å². The average Bonchev–Trinajstić information content (AvgIpc) is 3.04. The Balaban J connectivity index is 2.18. The standard InChI is InChI=1S/C16H25ClN4/c1-5-7-14(18-3)12-8-9-21(10-12)11-15-16(17)13(6-2)19-20(15)4/h8-10,14,18H,5-7,11H2,1-4H3. The van der Waals surface area contributed by atoms with E-state index in [0.29, 0.717) is 6.04 Å². The first-order valence-electron chi connectivity index (χ1n) is 7.63. The van der Waals surface area contributed by atoms with Gasteiger partial charge in [-0.3, -0.25) is 4.68 Å². The highest BCUT2D eigenvalue weighted by molar-refractivity contribution is 6.31. The van der Waals surface area contributed by atoms with Crippen molar-refractivity contribution in [2.75, 3.05) is 7.05 Å². The molecule has 2 rings (SSSR count). The molecule has 4 nitrogen and oxygen atoms in total. The number of halogens is 1. The van der Waals surface area contributed by atoms with Crippen molar-refractivity contribution in [1.82, 2.24) is 19.7 Å². The first-order valence-corrected chi connectivity index (χ1v) is 8.01. The molecule has 2 aromatic rings. The van der Waals surface area contributed by atoms with Crippen LogP contribution in [0.4, 0.5) is 0 Å². The highest BCUT2D eigenvalue weighted by Crippen LogP contribution is 2.23. The average molecular weight is 309 g/mol. The smallest absolute Gasteiger partial charge is 0.0868 e. The third kappa shape index (κ3) is 3.50. The number of aromatic nitrogens is 3. The molecule has 116 valence electrons. The number of nitrogens with one attached hydrogen (secondary N) is 1. The third-order valence-corrected chi connectivity index (χ3v) is 4.37. The molecule has 21 heavy (non-hydrogen) atoms. The maximum Gasteiger partial charge on any atom is 0.0868 e. The van der Waals surface area contributed by atoms with Gasteiger partial charge in [-0.25, -0.2) is 0 Å². The van der Waals surface area contributed by atoms with Crippen LogP contribution in [0.5, 0.6) is 0 Å². The topological polar surface area (TPSA) is 34.8 Å². The molecule has 2 aromatic heterocycles. The molecule has 0 aliphatic heterocycles. The van der Waals surface area contributed by atoms with E-state index in [4.69, 9.17) is 11.6 Å². The van der Waals surface area contributed by atoms with Gasteiger partial charge < -0.3 is 9.88 Å². The number of aryl methyl sites for hydroxylation is 2. The van der Waals surface area contributed by atoms with Gasteiger partial charge in [-0.15, -0.1) is 0 Å². The summed E-state index contributed by atoms with van der Waals surface area (Å²) >= 11 is 6.42. The normalized spacial score (nSPS) is 12.8. The molecular formula is C16H25ClN4. The molecule has 0 spiro atoms. The molecule has 5 heteroatoms. The SMILES string of the molecule is CCCC(NC)c1ccn(Cc2c(Cl)c(CC)nn2C)c1. The molecule has 1 N–H and O–H groups in total. The fourth-order valence-corrected chi connectivity index (χ4v) is 3.05. The lowest BCUT2D eigenvalue weighted by molar-refractivity contribution is 0.540. The van der Waals surface area contributed by atoms with Crippen molar-refractivity contribution >= 4 is 11.6 Å². The Morgan fingerprint density at radius 2 is 2.14 bits per heavy atom. The van der Waals surface area contributed by atoms with Crippen LogP contribution in [0.25, 0.3) is 0 Å². The van der Waals surface area contributed by atoms with Gasteiger partial charge in [-0.05, 0) is 31.5 Å². The van der Waals surface area contributed by atoms with Gasteiger partial charge in [0.05, 0.1) is 23.0 Å². The van der Waals surface area contributed by atoms with E-state index in [1.807, 2.05) is 18.8 Å². The van der Waals surface area contributed by atoms with Crippen molar-refractivity contribution in [3.8, 4) is 0 Å². The minimum atomic E-state index is 0.421. The van der Waals surface area contributed by atoms with E-state index in [1.54, 1.807) is 0 Å². The van der Waals surface area contributed by atoms with Crippen molar-refractivity contribution in [3.63, 3.8) is 0 Å². The molecule has 0 bridgehead atoms. The number of hydrogen-bond acceptors (Lipinski definition) is 2. The van der Waals surface area contributed by atoms with Crippen LogP contribution in [0.2, 0.25) is 5.02 Å². The lowest BCUT2D eigenvalue weighted by Crippen LogP contribution is -2.15. The number of nitrogens with zero attached hydrogens (tertiary/aromatic N) is 3. The van der Waals surface area contributed by atoms with Crippen LogP contribution >= 0.6 is 11.6 Å². The van der Waals surface area contributed by atoms with Gasteiger partial charge in [-0.1, -0.05) is 31.9 Å². The highest BCUT2D eigenvalue weighted by Gasteiger charge is 2.14. The lowest BCUT2D eigenvalue weighted by atomic mass is 10.1. The first kappa shape index (κ1) is 16.1. The predicted octanol–water partition coefficient (Wildman–Crippen LogP) is 3.55. The second-order valence-electron chi connectivity index (χ2n) is 5.43. The molecule has 0 aromatic carbocycles. The summed E-state index contributed by atoms with van der Waals surface area (Å²) in [5.41, 5.74) is 3.36. The zero-order chi connectivity index (χ0) is 15.4. The van der Waals surface area contributed by atoms with Crippen molar-refractivity contribution in [2.24, 2.45) is 7.05 Å². The van der Waals surface area contributed by atoms with Crippen LogP contribution in [-0.4, -0.2) is 21.4 Å². The van der Waals surface area contributed by atoms with Crippen LogP contribution in [-0.2, 0) is 20.0 Å². The van der Waals surface area contributed by atoms with Crippen molar-refractivity contribution < 1.29 is 0 Å². The molecule has 1 unspecified atom stereocenters. The molecule has 0 aliphatic rings. The first-order chi connectivity index (χ1) is 10.1. The summed E-state index contributed by atoms with van der Waals surface area (Å²) in [7, 11) is 3.97. The van der Waals surface area contributed by atoms with Crippen molar-refractivity contribution in [1.29, 1.82) is 0 Å². The summed E-state index contributed by atoms with van der Waals surface area (Å²) in [5.74, 6) is 0. The van der Waals surface area contributed by atoms with Crippen LogP contribution in [0.1, 0.15) is 49.7 Å². The van der Waals surface area contributed by atoms with Gasteiger partial charge >= 0.3 is 0 Å². The van der Waals surface area contributed by atoms with E-state index in [1.165, 1.54) is 12.0 Å². The number of hydrogen-bond donors (Lipinski definition) is 1. The summed E-state index contributed by atoms with van der Waals surface area (Å²) in [6.45, 7) is 5.04. The largest absolute Gasteiger partial charge is 0.348 e. The van der Waals surface area contributed by atoms with Gasteiger partial charge in [0.1, 0.15) is 0 Å². The van der Waals surface area contributed by atoms with Crippen LogP contribution in [0.15, 0.2) is 18.5 Å². The van der Waals surface area contributed by atoms with E-state index in [0.717, 1.165) is 35.8 Å². The lowest BCUT2D eigenvalue weighted by Gasteiger charge is -2.13. The Morgan fingerprint density at radius 1 is 1.38 bits per heavy atom.